The van der Waals surface area contributed by atoms with Crippen LogP contribution < -0.4 is 15.0 Å². The molecule has 1 fully saturated rings. The second kappa shape index (κ2) is 6.00. The Morgan fingerprint density at radius 2 is 2.00 bits per heavy atom. The summed E-state index contributed by atoms with van der Waals surface area (Å²) in [7, 11) is -2.27. The lowest BCUT2D eigenvalue weighted by atomic mass is 9.95. The smallest absolute Gasteiger partial charge is 0.271 e. The van der Waals surface area contributed by atoms with Gasteiger partial charge in [-0.2, -0.15) is 0 Å². The highest BCUT2D eigenvalue weighted by Crippen LogP contribution is 2.40. The Labute approximate surface area is 158 Å². The predicted molar refractivity (Wildman–Crippen MR) is 105 cm³/mol. The van der Waals surface area contributed by atoms with Crippen molar-refractivity contribution in [3.05, 3.63) is 54.2 Å². The second-order valence-electron chi connectivity index (χ2n) is 7.03. The minimum absolute atomic E-state index is 0.181. The van der Waals surface area contributed by atoms with Crippen molar-refractivity contribution in [1.29, 1.82) is 0 Å². The van der Waals surface area contributed by atoms with Crippen LogP contribution in [0.25, 0.3) is 10.9 Å². The van der Waals surface area contributed by atoms with Crippen LogP contribution in [0.2, 0.25) is 0 Å². The van der Waals surface area contributed by atoms with Crippen LogP contribution in [-0.2, 0) is 16.4 Å². The molecule has 5 rings (SSSR count). The Kier molecular flexibility index (Phi) is 3.70. The Morgan fingerprint density at radius 3 is 2.85 bits per heavy atom. The molecule has 0 aliphatic carbocycles. The van der Waals surface area contributed by atoms with Gasteiger partial charge in [0.15, 0.2) is 0 Å². The van der Waals surface area contributed by atoms with Crippen LogP contribution in [0.15, 0.2) is 53.6 Å². The maximum atomic E-state index is 13.5. The van der Waals surface area contributed by atoms with Gasteiger partial charge >= 0.3 is 0 Å². The first kappa shape index (κ1) is 16.6. The number of ether oxygens (including phenoxy) is 1. The van der Waals surface area contributed by atoms with E-state index in [4.69, 9.17) is 4.74 Å². The van der Waals surface area contributed by atoms with Gasteiger partial charge in [0.25, 0.3) is 10.0 Å². The number of fused-ring (bicyclic) bond motifs is 2. The summed E-state index contributed by atoms with van der Waals surface area (Å²) in [4.78, 5) is 2.59. The fourth-order valence-corrected chi connectivity index (χ4v) is 5.91. The number of anilines is 1. The zero-order chi connectivity index (χ0) is 18.6. The first-order valence-electron chi connectivity index (χ1n) is 9.10. The summed E-state index contributed by atoms with van der Waals surface area (Å²) < 4.78 is 33.6. The van der Waals surface area contributed by atoms with Crippen LogP contribution in [-0.4, -0.2) is 45.2 Å². The number of methoxy groups -OCH3 is 1. The van der Waals surface area contributed by atoms with Gasteiger partial charge in [0.1, 0.15) is 10.6 Å². The summed E-state index contributed by atoms with van der Waals surface area (Å²) in [5.74, 6) is 0.355. The van der Waals surface area contributed by atoms with Gasteiger partial charge in [0.05, 0.1) is 12.6 Å². The molecule has 0 radical (unpaired) electrons. The number of para-hydroxylation sites is 1. The van der Waals surface area contributed by atoms with Crippen LogP contribution in [0, 0.1) is 0 Å². The third-order valence-electron chi connectivity index (χ3n) is 5.57. The molecule has 2 aromatic carbocycles. The molecule has 1 N–H and O–H groups in total. The highest BCUT2D eigenvalue weighted by molar-refractivity contribution is 7.90. The number of nitrogens with zero attached hydrogens (tertiary/aromatic N) is 2. The third kappa shape index (κ3) is 2.38. The van der Waals surface area contributed by atoms with Crippen molar-refractivity contribution in [2.45, 2.75) is 17.4 Å². The normalized spacial score (nSPS) is 19.1. The molecule has 2 aliphatic rings. The van der Waals surface area contributed by atoms with E-state index >= 15 is 0 Å². The van der Waals surface area contributed by atoms with Gasteiger partial charge in [0, 0.05) is 42.9 Å². The Balaban J connectivity index is 1.74. The summed E-state index contributed by atoms with van der Waals surface area (Å²) in [6.07, 6.45) is 2.64. The lowest BCUT2D eigenvalue weighted by Crippen LogP contribution is -2.53. The molecule has 3 aromatic rings. The van der Waals surface area contributed by atoms with Gasteiger partial charge in [0.2, 0.25) is 0 Å². The van der Waals surface area contributed by atoms with E-state index in [0.29, 0.717) is 11.8 Å². The van der Waals surface area contributed by atoms with Crippen molar-refractivity contribution in [1.82, 2.24) is 9.29 Å². The number of nitrogens with one attached hydrogen (secondary N) is 1. The Hall–Kier alpha value is -2.51. The molecule has 27 heavy (non-hydrogen) atoms. The van der Waals surface area contributed by atoms with Crippen molar-refractivity contribution >= 4 is 26.6 Å². The fourth-order valence-electron chi connectivity index (χ4n) is 4.36. The molecular formula is C20H21N3O3S. The first-order valence-corrected chi connectivity index (χ1v) is 10.5. The van der Waals surface area contributed by atoms with Gasteiger partial charge in [-0.05, 0) is 36.2 Å². The summed E-state index contributed by atoms with van der Waals surface area (Å²) in [5.41, 5.74) is 2.95. The number of benzene rings is 2. The maximum Gasteiger partial charge on any atom is 0.271 e. The lowest BCUT2D eigenvalue weighted by molar-refractivity contribution is 0.402. The summed E-state index contributed by atoms with van der Waals surface area (Å²) in [5, 5.41) is 4.49. The largest absolute Gasteiger partial charge is 0.495 e. The predicted octanol–water partition coefficient (Wildman–Crippen LogP) is 2.22. The molecule has 2 aliphatic heterocycles. The summed E-state index contributed by atoms with van der Waals surface area (Å²) in [6.45, 7) is 2.80. The average Bonchev–Trinajstić information content (AvgIpc) is 3.09. The van der Waals surface area contributed by atoms with Crippen molar-refractivity contribution < 1.29 is 13.2 Å². The van der Waals surface area contributed by atoms with Gasteiger partial charge in [-0.15, -0.1) is 0 Å². The molecule has 0 amide bonds. The van der Waals surface area contributed by atoms with Crippen LogP contribution in [0.5, 0.6) is 5.75 Å². The van der Waals surface area contributed by atoms with Crippen molar-refractivity contribution in [3.8, 4) is 5.75 Å². The van der Waals surface area contributed by atoms with Crippen molar-refractivity contribution in [3.63, 3.8) is 0 Å². The molecule has 3 heterocycles. The zero-order valence-electron chi connectivity index (χ0n) is 15.1. The minimum Gasteiger partial charge on any atom is -0.495 e. The number of rotatable bonds is 3. The highest BCUT2D eigenvalue weighted by atomic mass is 32.2. The van der Waals surface area contributed by atoms with Gasteiger partial charge in [-0.25, -0.2) is 12.4 Å². The van der Waals surface area contributed by atoms with E-state index in [1.807, 2.05) is 12.1 Å². The Bertz CT molecular complexity index is 1140. The number of piperazine rings is 1. The topological polar surface area (TPSA) is 63.6 Å². The minimum atomic E-state index is -3.76. The molecule has 1 aromatic heterocycles. The standard InChI is InChI=1S/C20H21N3O3S/c1-26-18-7-2-3-8-19(18)27(24,25)23-13-14-11-15-12-21-9-10-22(15)16-5-4-6-17(23)20(14)16/h2-8,13,15,21H,9-12H2,1H3. The molecule has 1 saturated heterocycles. The van der Waals surface area contributed by atoms with E-state index in [-0.39, 0.29) is 4.90 Å². The quantitative estimate of drug-likeness (QED) is 0.751. The van der Waals surface area contributed by atoms with Gasteiger partial charge < -0.3 is 15.0 Å². The fraction of sp³-hybridized carbons (Fsp3) is 0.300. The zero-order valence-corrected chi connectivity index (χ0v) is 15.9. The van der Waals surface area contributed by atoms with E-state index in [0.717, 1.165) is 48.2 Å². The molecular weight excluding hydrogens is 362 g/mol. The molecule has 0 spiro atoms. The number of hydrogen-bond acceptors (Lipinski definition) is 5. The SMILES string of the molecule is COc1ccccc1S(=O)(=O)n1cc2c3c(cccc31)N1CCNCC1C2. The highest BCUT2D eigenvalue weighted by Gasteiger charge is 2.33. The van der Waals surface area contributed by atoms with Crippen LogP contribution in [0.3, 0.4) is 0 Å². The first-order chi connectivity index (χ1) is 13.1. The molecule has 1 atom stereocenters. The van der Waals surface area contributed by atoms with E-state index < -0.39 is 10.0 Å². The lowest BCUT2D eigenvalue weighted by Gasteiger charge is -2.41. The number of hydrogen-bond donors (Lipinski definition) is 1. The summed E-state index contributed by atoms with van der Waals surface area (Å²) in [6, 6.07) is 13.1. The van der Waals surface area contributed by atoms with Gasteiger partial charge in [-0.3, -0.25) is 0 Å². The molecule has 0 saturated carbocycles. The van der Waals surface area contributed by atoms with Crippen molar-refractivity contribution in [2.24, 2.45) is 0 Å². The van der Waals surface area contributed by atoms with Crippen LogP contribution >= 0.6 is 0 Å². The molecule has 1 unspecified atom stereocenters. The molecule has 7 heteroatoms. The van der Waals surface area contributed by atoms with E-state index in [1.54, 1.807) is 30.5 Å². The number of aromatic nitrogens is 1. The van der Waals surface area contributed by atoms with Crippen molar-refractivity contribution in [2.75, 3.05) is 31.6 Å². The molecule has 0 bridgehead atoms. The van der Waals surface area contributed by atoms with Gasteiger partial charge in [-0.1, -0.05) is 18.2 Å². The van der Waals surface area contributed by atoms with E-state index in [1.165, 1.54) is 11.1 Å². The van der Waals surface area contributed by atoms with E-state index in [2.05, 4.69) is 16.3 Å². The maximum absolute atomic E-state index is 13.5. The molecule has 140 valence electrons. The second-order valence-corrected chi connectivity index (χ2v) is 8.82. The Morgan fingerprint density at radius 1 is 1.15 bits per heavy atom. The monoisotopic (exact) mass is 383 g/mol. The average molecular weight is 383 g/mol. The van der Waals surface area contributed by atoms with Crippen LogP contribution in [0.1, 0.15) is 5.56 Å². The molecule has 6 nitrogen and oxygen atoms in total. The van der Waals surface area contributed by atoms with E-state index in [9.17, 15) is 8.42 Å². The van der Waals surface area contributed by atoms with Crippen LogP contribution in [0.4, 0.5) is 5.69 Å². The third-order valence-corrected chi connectivity index (χ3v) is 7.29. The summed E-state index contributed by atoms with van der Waals surface area (Å²) >= 11 is 0.